The van der Waals surface area contributed by atoms with Crippen molar-refractivity contribution in [1.82, 2.24) is 5.32 Å². The smallest absolute Gasteiger partial charge is 0.337 e. The van der Waals surface area contributed by atoms with E-state index in [1.807, 2.05) is 6.92 Å². The number of anilines is 1. The molecular formula is C14H17FN2O4. The van der Waals surface area contributed by atoms with Gasteiger partial charge in [-0.3, -0.25) is 0 Å². The van der Waals surface area contributed by atoms with Gasteiger partial charge in [-0.25, -0.2) is 14.0 Å². The first-order valence-corrected chi connectivity index (χ1v) is 6.20. The van der Waals surface area contributed by atoms with E-state index in [4.69, 9.17) is 9.84 Å². The summed E-state index contributed by atoms with van der Waals surface area (Å²) in [5, 5.41) is 13.8. The second kappa shape index (κ2) is 8.01. The van der Waals surface area contributed by atoms with Gasteiger partial charge in [0.1, 0.15) is 5.82 Å². The summed E-state index contributed by atoms with van der Waals surface area (Å²) in [5.74, 6) is -2.01. The van der Waals surface area contributed by atoms with Crippen LogP contribution in [0.3, 0.4) is 0 Å². The first-order chi connectivity index (χ1) is 9.90. The molecule has 6 nitrogen and oxygen atoms in total. The van der Waals surface area contributed by atoms with Crippen molar-refractivity contribution in [3.05, 3.63) is 41.7 Å². The summed E-state index contributed by atoms with van der Waals surface area (Å²) in [6, 6.07) is 2.50. The Balaban J connectivity index is 2.48. The molecule has 0 radical (unpaired) electrons. The number of urea groups is 1. The standard InChI is InChI=1S/C14H17FN2O4/c1-9(2)8-21-6-5-16-14(20)17-12-4-3-10(15)7-11(12)13(18)19/h3-4,7H,1,5-6,8H2,2H3,(H,18,19)(H2,16,17,20). The molecule has 2 amide bonds. The number of carboxylic acid groups (broad SMARTS) is 1. The van der Waals surface area contributed by atoms with E-state index in [-0.39, 0.29) is 17.8 Å². The number of ether oxygens (including phenoxy) is 1. The quantitative estimate of drug-likeness (QED) is 0.532. The maximum Gasteiger partial charge on any atom is 0.337 e. The average molecular weight is 296 g/mol. The number of aromatic carboxylic acids is 1. The second-order valence-corrected chi connectivity index (χ2v) is 4.39. The van der Waals surface area contributed by atoms with Crippen LogP contribution in [-0.4, -0.2) is 36.9 Å². The topological polar surface area (TPSA) is 87.7 Å². The highest BCUT2D eigenvalue weighted by Crippen LogP contribution is 2.16. The lowest BCUT2D eigenvalue weighted by Gasteiger charge is -2.10. The predicted octanol–water partition coefficient (Wildman–Crippen LogP) is 2.24. The predicted molar refractivity (Wildman–Crippen MR) is 76.0 cm³/mol. The van der Waals surface area contributed by atoms with E-state index in [1.54, 1.807) is 0 Å². The summed E-state index contributed by atoms with van der Waals surface area (Å²) in [5.41, 5.74) is 0.574. The lowest BCUT2D eigenvalue weighted by molar-refractivity contribution is 0.0697. The molecule has 0 atom stereocenters. The largest absolute Gasteiger partial charge is 0.478 e. The van der Waals surface area contributed by atoms with Gasteiger partial charge in [0.15, 0.2) is 0 Å². The molecule has 0 heterocycles. The molecule has 0 saturated heterocycles. The highest BCUT2D eigenvalue weighted by atomic mass is 19.1. The van der Waals surface area contributed by atoms with Gasteiger partial charge in [0.2, 0.25) is 0 Å². The number of rotatable bonds is 7. The molecule has 0 unspecified atom stereocenters. The number of carbonyl (C=O) groups excluding carboxylic acids is 1. The summed E-state index contributed by atoms with van der Waals surface area (Å²) < 4.78 is 18.2. The van der Waals surface area contributed by atoms with Gasteiger partial charge in [-0.15, -0.1) is 0 Å². The van der Waals surface area contributed by atoms with Gasteiger partial charge in [-0.05, 0) is 25.1 Å². The van der Waals surface area contributed by atoms with E-state index < -0.39 is 17.8 Å². The fourth-order valence-corrected chi connectivity index (χ4v) is 1.45. The molecule has 1 aromatic carbocycles. The fraction of sp³-hybridized carbons (Fsp3) is 0.286. The molecule has 0 spiro atoms. The Bertz CT molecular complexity index is 546. The molecule has 0 aliphatic rings. The number of halogens is 1. The zero-order valence-corrected chi connectivity index (χ0v) is 11.6. The van der Waals surface area contributed by atoms with E-state index >= 15 is 0 Å². The van der Waals surface area contributed by atoms with Crippen molar-refractivity contribution in [2.45, 2.75) is 6.92 Å². The van der Waals surface area contributed by atoms with Gasteiger partial charge < -0.3 is 20.5 Å². The van der Waals surface area contributed by atoms with Gasteiger partial charge >= 0.3 is 12.0 Å². The minimum absolute atomic E-state index is 0.0178. The lowest BCUT2D eigenvalue weighted by atomic mass is 10.2. The third kappa shape index (κ3) is 6.05. The van der Waals surface area contributed by atoms with Crippen molar-refractivity contribution >= 4 is 17.7 Å². The van der Waals surface area contributed by atoms with E-state index in [1.165, 1.54) is 6.07 Å². The van der Waals surface area contributed by atoms with Gasteiger partial charge in [0.25, 0.3) is 0 Å². The third-order valence-corrected chi connectivity index (χ3v) is 2.34. The van der Waals surface area contributed by atoms with Crippen LogP contribution >= 0.6 is 0 Å². The van der Waals surface area contributed by atoms with Crippen molar-refractivity contribution in [1.29, 1.82) is 0 Å². The van der Waals surface area contributed by atoms with E-state index in [0.717, 1.165) is 17.7 Å². The monoisotopic (exact) mass is 296 g/mol. The van der Waals surface area contributed by atoms with E-state index in [2.05, 4.69) is 17.2 Å². The summed E-state index contributed by atoms with van der Waals surface area (Å²) in [6.45, 7) is 6.45. The van der Waals surface area contributed by atoms with Crippen LogP contribution in [0.4, 0.5) is 14.9 Å². The maximum atomic E-state index is 13.0. The van der Waals surface area contributed by atoms with Gasteiger partial charge in [0, 0.05) is 6.54 Å². The van der Waals surface area contributed by atoms with Crippen LogP contribution in [0.25, 0.3) is 0 Å². The molecule has 1 aromatic rings. The zero-order chi connectivity index (χ0) is 15.8. The highest BCUT2D eigenvalue weighted by molar-refractivity contribution is 5.99. The minimum Gasteiger partial charge on any atom is -0.478 e. The van der Waals surface area contributed by atoms with Crippen LogP contribution in [0, 0.1) is 5.82 Å². The minimum atomic E-state index is -1.32. The molecule has 114 valence electrons. The van der Waals surface area contributed by atoms with Crippen LogP contribution in [0.1, 0.15) is 17.3 Å². The number of benzene rings is 1. The van der Waals surface area contributed by atoms with Crippen molar-refractivity contribution < 1.29 is 23.8 Å². The summed E-state index contributed by atoms with van der Waals surface area (Å²) in [6.07, 6.45) is 0. The summed E-state index contributed by atoms with van der Waals surface area (Å²) >= 11 is 0. The highest BCUT2D eigenvalue weighted by Gasteiger charge is 2.13. The van der Waals surface area contributed by atoms with Gasteiger partial charge in [-0.2, -0.15) is 0 Å². The SMILES string of the molecule is C=C(C)COCCNC(=O)Nc1ccc(F)cc1C(=O)O. The van der Waals surface area contributed by atoms with Crippen molar-refractivity contribution in [3.8, 4) is 0 Å². The maximum absolute atomic E-state index is 13.0. The molecule has 0 fully saturated rings. The van der Waals surface area contributed by atoms with Crippen molar-refractivity contribution in [3.63, 3.8) is 0 Å². The number of hydrogen-bond donors (Lipinski definition) is 3. The molecule has 0 aliphatic carbocycles. The molecule has 0 aliphatic heterocycles. The van der Waals surface area contributed by atoms with E-state index in [0.29, 0.717) is 13.2 Å². The molecule has 7 heteroatoms. The number of carboxylic acids is 1. The number of hydrogen-bond acceptors (Lipinski definition) is 3. The first kappa shape index (κ1) is 16.6. The number of carbonyl (C=O) groups is 2. The Labute approximate surface area is 121 Å². The van der Waals surface area contributed by atoms with Crippen LogP contribution in [0.15, 0.2) is 30.4 Å². The van der Waals surface area contributed by atoms with Crippen molar-refractivity contribution in [2.24, 2.45) is 0 Å². The van der Waals surface area contributed by atoms with E-state index in [9.17, 15) is 14.0 Å². The van der Waals surface area contributed by atoms with Gasteiger partial charge in [0.05, 0.1) is 24.5 Å². The summed E-state index contributed by atoms with van der Waals surface area (Å²) in [7, 11) is 0. The molecule has 0 bridgehead atoms. The Morgan fingerprint density at radius 3 is 2.76 bits per heavy atom. The normalized spacial score (nSPS) is 10.0. The van der Waals surface area contributed by atoms with Gasteiger partial charge in [-0.1, -0.05) is 12.2 Å². The molecule has 1 rings (SSSR count). The zero-order valence-electron chi connectivity index (χ0n) is 11.6. The molecular weight excluding hydrogens is 279 g/mol. The third-order valence-electron chi connectivity index (χ3n) is 2.34. The molecule has 3 N–H and O–H groups in total. The fourth-order valence-electron chi connectivity index (χ4n) is 1.45. The van der Waals surface area contributed by atoms with Crippen LogP contribution < -0.4 is 10.6 Å². The summed E-state index contributed by atoms with van der Waals surface area (Å²) in [4.78, 5) is 22.5. The molecule has 21 heavy (non-hydrogen) atoms. The van der Waals surface area contributed by atoms with Crippen LogP contribution in [0.2, 0.25) is 0 Å². The number of amides is 2. The first-order valence-electron chi connectivity index (χ1n) is 6.20. The Hall–Kier alpha value is -2.41. The average Bonchev–Trinajstić information content (AvgIpc) is 2.39. The van der Waals surface area contributed by atoms with Crippen LogP contribution in [0.5, 0.6) is 0 Å². The second-order valence-electron chi connectivity index (χ2n) is 4.39. The Morgan fingerprint density at radius 2 is 2.14 bits per heavy atom. The van der Waals surface area contributed by atoms with Crippen LogP contribution in [-0.2, 0) is 4.74 Å². The molecule has 0 saturated carbocycles. The van der Waals surface area contributed by atoms with Crippen molar-refractivity contribution in [2.75, 3.05) is 25.1 Å². The Kier molecular flexibility index (Phi) is 6.35. The molecule has 0 aromatic heterocycles. The Morgan fingerprint density at radius 1 is 1.43 bits per heavy atom. The lowest BCUT2D eigenvalue weighted by Crippen LogP contribution is -2.32. The number of nitrogens with one attached hydrogen (secondary N) is 2.